The quantitative estimate of drug-likeness (QED) is 0.772. The Morgan fingerprint density at radius 2 is 2.10 bits per heavy atom. The molecule has 118 valence electrons. The smallest absolute Gasteiger partial charge is 0.120 e. The van der Waals surface area contributed by atoms with Gasteiger partial charge < -0.3 is 9.47 Å². The van der Waals surface area contributed by atoms with Crippen LogP contribution in [0.1, 0.15) is 6.92 Å². The van der Waals surface area contributed by atoms with Crippen molar-refractivity contribution in [2.24, 2.45) is 0 Å². The SMILES string of the molecule is COCCN1CCN(CCOc2cccc(Cl)c2)CC1C. The molecular weight excluding hydrogens is 288 g/mol. The highest BCUT2D eigenvalue weighted by Crippen LogP contribution is 2.17. The fraction of sp³-hybridized carbons (Fsp3) is 0.625. The molecule has 4 nitrogen and oxygen atoms in total. The lowest BCUT2D eigenvalue weighted by atomic mass is 10.2. The van der Waals surface area contributed by atoms with Gasteiger partial charge in [0.15, 0.2) is 0 Å². The molecule has 0 amide bonds. The summed E-state index contributed by atoms with van der Waals surface area (Å²) in [5.41, 5.74) is 0. The summed E-state index contributed by atoms with van der Waals surface area (Å²) in [7, 11) is 1.76. The maximum Gasteiger partial charge on any atom is 0.120 e. The fourth-order valence-electron chi connectivity index (χ4n) is 2.66. The molecule has 1 atom stereocenters. The van der Waals surface area contributed by atoms with E-state index in [0.717, 1.165) is 45.1 Å². The van der Waals surface area contributed by atoms with E-state index in [1.165, 1.54) is 0 Å². The van der Waals surface area contributed by atoms with E-state index >= 15 is 0 Å². The van der Waals surface area contributed by atoms with Gasteiger partial charge >= 0.3 is 0 Å². The second-order valence-electron chi connectivity index (χ2n) is 5.48. The number of methoxy groups -OCH3 is 1. The standard InChI is InChI=1S/C16H25ClN2O2/c1-14-13-18(6-7-19(14)9-10-20-2)8-11-21-16-5-3-4-15(17)12-16/h3-5,12,14H,6-11,13H2,1-2H3. The molecule has 2 rings (SSSR count). The Kier molecular flexibility index (Phi) is 6.77. The van der Waals surface area contributed by atoms with Gasteiger partial charge in [0.25, 0.3) is 0 Å². The lowest BCUT2D eigenvalue weighted by molar-refractivity contribution is 0.0532. The van der Waals surface area contributed by atoms with Crippen molar-refractivity contribution in [3.05, 3.63) is 29.3 Å². The lowest BCUT2D eigenvalue weighted by Gasteiger charge is -2.39. The van der Waals surface area contributed by atoms with Crippen LogP contribution < -0.4 is 4.74 Å². The van der Waals surface area contributed by atoms with Gasteiger partial charge in [0.05, 0.1) is 6.61 Å². The summed E-state index contributed by atoms with van der Waals surface area (Å²) in [5, 5.41) is 0.716. The molecule has 1 fully saturated rings. The van der Waals surface area contributed by atoms with Gasteiger partial charge in [-0.2, -0.15) is 0 Å². The maximum absolute atomic E-state index is 5.94. The average Bonchev–Trinajstić information content (AvgIpc) is 2.46. The molecule has 0 saturated carbocycles. The number of hydrogen-bond acceptors (Lipinski definition) is 4. The van der Waals surface area contributed by atoms with Crippen LogP contribution in [0.5, 0.6) is 5.75 Å². The molecule has 0 aromatic heterocycles. The van der Waals surface area contributed by atoms with E-state index in [0.29, 0.717) is 17.7 Å². The highest BCUT2D eigenvalue weighted by molar-refractivity contribution is 6.30. The van der Waals surface area contributed by atoms with E-state index in [9.17, 15) is 0 Å². The van der Waals surface area contributed by atoms with Crippen LogP contribution in [0.25, 0.3) is 0 Å². The molecule has 21 heavy (non-hydrogen) atoms. The Morgan fingerprint density at radius 3 is 2.81 bits per heavy atom. The Morgan fingerprint density at radius 1 is 1.24 bits per heavy atom. The molecular formula is C16H25ClN2O2. The lowest BCUT2D eigenvalue weighted by Crippen LogP contribution is -2.53. The minimum Gasteiger partial charge on any atom is -0.492 e. The van der Waals surface area contributed by atoms with Crippen LogP contribution >= 0.6 is 11.6 Å². The first-order chi connectivity index (χ1) is 10.2. The van der Waals surface area contributed by atoms with Crippen molar-refractivity contribution in [3.63, 3.8) is 0 Å². The van der Waals surface area contributed by atoms with Gasteiger partial charge in [0.1, 0.15) is 12.4 Å². The topological polar surface area (TPSA) is 24.9 Å². The minimum absolute atomic E-state index is 0.570. The second-order valence-corrected chi connectivity index (χ2v) is 5.92. The zero-order chi connectivity index (χ0) is 15.1. The molecule has 1 aliphatic rings. The van der Waals surface area contributed by atoms with Crippen molar-refractivity contribution in [3.8, 4) is 5.75 Å². The number of nitrogens with zero attached hydrogens (tertiary/aromatic N) is 2. The van der Waals surface area contributed by atoms with Crippen LogP contribution in [0.3, 0.4) is 0 Å². The summed E-state index contributed by atoms with van der Waals surface area (Å²) in [5.74, 6) is 0.842. The van der Waals surface area contributed by atoms with Gasteiger partial charge in [-0.1, -0.05) is 17.7 Å². The van der Waals surface area contributed by atoms with E-state index in [1.54, 1.807) is 7.11 Å². The number of hydrogen-bond donors (Lipinski definition) is 0. The first-order valence-corrected chi connectivity index (χ1v) is 7.90. The number of benzene rings is 1. The average molecular weight is 313 g/mol. The molecule has 1 aromatic rings. The summed E-state index contributed by atoms with van der Waals surface area (Å²) in [6.07, 6.45) is 0. The molecule has 5 heteroatoms. The number of ether oxygens (including phenoxy) is 2. The van der Waals surface area contributed by atoms with Gasteiger partial charge in [-0.05, 0) is 25.1 Å². The first-order valence-electron chi connectivity index (χ1n) is 7.53. The molecule has 0 radical (unpaired) electrons. The van der Waals surface area contributed by atoms with Crippen molar-refractivity contribution in [2.45, 2.75) is 13.0 Å². The molecule has 1 aromatic carbocycles. The van der Waals surface area contributed by atoms with Crippen molar-refractivity contribution in [1.29, 1.82) is 0 Å². The van der Waals surface area contributed by atoms with Crippen molar-refractivity contribution < 1.29 is 9.47 Å². The Balaban J connectivity index is 1.68. The summed E-state index contributed by atoms with van der Waals surface area (Å²) < 4.78 is 10.9. The summed E-state index contributed by atoms with van der Waals surface area (Å²) in [6, 6.07) is 8.13. The summed E-state index contributed by atoms with van der Waals surface area (Å²) in [6.45, 7) is 9.03. The van der Waals surface area contributed by atoms with E-state index in [1.807, 2.05) is 24.3 Å². The fourth-order valence-corrected chi connectivity index (χ4v) is 2.84. The van der Waals surface area contributed by atoms with Crippen LogP contribution in [-0.4, -0.2) is 68.9 Å². The molecule has 0 spiro atoms. The Bertz CT molecular complexity index is 430. The summed E-state index contributed by atoms with van der Waals surface area (Å²) >= 11 is 5.94. The second kappa shape index (κ2) is 8.59. The highest BCUT2D eigenvalue weighted by Gasteiger charge is 2.22. The third kappa shape index (κ3) is 5.47. The number of piperazine rings is 1. The van der Waals surface area contributed by atoms with E-state index in [-0.39, 0.29) is 0 Å². The zero-order valence-electron chi connectivity index (χ0n) is 12.9. The van der Waals surface area contributed by atoms with Gasteiger partial charge in [-0.25, -0.2) is 0 Å². The molecule has 1 heterocycles. The van der Waals surface area contributed by atoms with Crippen LogP contribution in [0, 0.1) is 0 Å². The van der Waals surface area contributed by atoms with E-state index in [2.05, 4.69) is 16.7 Å². The normalized spacial score (nSPS) is 20.6. The maximum atomic E-state index is 5.94. The van der Waals surface area contributed by atoms with Crippen molar-refractivity contribution >= 4 is 11.6 Å². The van der Waals surface area contributed by atoms with Crippen LogP contribution in [0.15, 0.2) is 24.3 Å². The minimum atomic E-state index is 0.570. The third-order valence-corrected chi connectivity index (χ3v) is 4.14. The largest absolute Gasteiger partial charge is 0.492 e. The van der Waals surface area contributed by atoms with Crippen molar-refractivity contribution in [2.75, 3.05) is 53.0 Å². The van der Waals surface area contributed by atoms with Gasteiger partial charge in [0.2, 0.25) is 0 Å². The molecule has 1 aliphatic heterocycles. The summed E-state index contributed by atoms with van der Waals surface area (Å²) in [4.78, 5) is 4.94. The van der Waals surface area contributed by atoms with Gasteiger partial charge in [0, 0.05) is 50.9 Å². The van der Waals surface area contributed by atoms with Gasteiger partial charge in [-0.3, -0.25) is 9.80 Å². The molecule has 1 unspecified atom stereocenters. The van der Waals surface area contributed by atoms with E-state index in [4.69, 9.17) is 21.1 Å². The van der Waals surface area contributed by atoms with Crippen LogP contribution in [0.4, 0.5) is 0 Å². The Hall–Kier alpha value is -0.810. The first kappa shape index (κ1) is 16.6. The zero-order valence-corrected chi connectivity index (χ0v) is 13.7. The third-order valence-electron chi connectivity index (χ3n) is 3.90. The Labute approximate surface area is 132 Å². The molecule has 0 N–H and O–H groups in total. The van der Waals surface area contributed by atoms with E-state index < -0.39 is 0 Å². The van der Waals surface area contributed by atoms with Crippen LogP contribution in [0.2, 0.25) is 5.02 Å². The monoisotopic (exact) mass is 312 g/mol. The van der Waals surface area contributed by atoms with Gasteiger partial charge in [-0.15, -0.1) is 0 Å². The molecule has 0 aliphatic carbocycles. The van der Waals surface area contributed by atoms with Crippen molar-refractivity contribution in [1.82, 2.24) is 9.80 Å². The predicted molar refractivity (Wildman–Crippen MR) is 86.3 cm³/mol. The highest BCUT2D eigenvalue weighted by atomic mass is 35.5. The van der Waals surface area contributed by atoms with Crippen LogP contribution in [-0.2, 0) is 4.74 Å². The number of halogens is 1. The number of rotatable bonds is 7. The predicted octanol–water partition coefficient (Wildman–Crippen LogP) is 2.37. The molecule has 0 bridgehead atoms. The molecule has 1 saturated heterocycles.